The van der Waals surface area contributed by atoms with Gasteiger partial charge in [-0.05, 0) is 36.6 Å². The van der Waals surface area contributed by atoms with Crippen molar-refractivity contribution in [2.24, 2.45) is 0 Å². The molecule has 2 unspecified atom stereocenters. The molecule has 1 aliphatic heterocycles. The highest BCUT2D eigenvalue weighted by Crippen LogP contribution is 2.30. The number of rotatable bonds is 3. The number of aliphatic hydroxyl groups is 1. The lowest BCUT2D eigenvalue weighted by Crippen LogP contribution is -2.44. The van der Waals surface area contributed by atoms with Crippen molar-refractivity contribution in [1.29, 1.82) is 0 Å². The van der Waals surface area contributed by atoms with Crippen molar-refractivity contribution in [2.75, 3.05) is 13.1 Å². The van der Waals surface area contributed by atoms with Crippen molar-refractivity contribution in [2.45, 2.75) is 49.7 Å². The number of aliphatic hydroxyl groups excluding tert-OH is 1. The predicted molar refractivity (Wildman–Crippen MR) is 87.1 cm³/mol. The molecule has 1 N–H and O–H groups in total. The first-order valence-corrected chi connectivity index (χ1v) is 9.50. The number of thioether (sulfide) groups is 1. The Hall–Kier alpha value is -0.560. The van der Waals surface area contributed by atoms with Crippen LogP contribution in [0.2, 0.25) is 0 Å². The van der Waals surface area contributed by atoms with Gasteiger partial charge in [0.2, 0.25) is 10.0 Å². The van der Waals surface area contributed by atoms with Crippen molar-refractivity contribution < 1.29 is 13.5 Å². The Morgan fingerprint density at radius 3 is 2.29 bits per heavy atom. The smallest absolute Gasteiger partial charge is 0.243 e. The van der Waals surface area contributed by atoms with Crippen LogP contribution < -0.4 is 0 Å². The zero-order valence-corrected chi connectivity index (χ0v) is 14.6. The Balaban J connectivity index is 2.44. The van der Waals surface area contributed by atoms with Gasteiger partial charge in [0.15, 0.2) is 0 Å². The number of hydrogen-bond donors (Lipinski definition) is 1. The van der Waals surface area contributed by atoms with Crippen LogP contribution in [0.25, 0.3) is 0 Å². The summed E-state index contributed by atoms with van der Waals surface area (Å²) >= 11 is 1.82. The molecule has 0 amide bonds. The van der Waals surface area contributed by atoms with Crippen LogP contribution >= 0.6 is 11.8 Å². The molecule has 0 aromatic heterocycles. The first-order valence-electron chi connectivity index (χ1n) is 7.12. The second-order valence-electron chi connectivity index (χ2n) is 5.78. The summed E-state index contributed by atoms with van der Waals surface area (Å²) in [6.07, 6.45) is 0. The SMILES string of the molecule is Cc1cc(C)c(S(=O)(=O)N2CC(C)SC(C)C2)cc1CO. The average Bonchev–Trinajstić information content (AvgIpc) is 2.37. The molecule has 1 aromatic rings. The van der Waals surface area contributed by atoms with Gasteiger partial charge in [0.05, 0.1) is 11.5 Å². The zero-order valence-electron chi connectivity index (χ0n) is 13.0. The van der Waals surface area contributed by atoms with Crippen LogP contribution in [-0.4, -0.2) is 41.4 Å². The second-order valence-corrected chi connectivity index (χ2v) is 9.57. The number of sulfonamides is 1. The summed E-state index contributed by atoms with van der Waals surface area (Å²) in [4.78, 5) is 0.323. The molecule has 0 radical (unpaired) electrons. The third kappa shape index (κ3) is 3.44. The van der Waals surface area contributed by atoms with Crippen molar-refractivity contribution in [3.63, 3.8) is 0 Å². The molecule has 21 heavy (non-hydrogen) atoms. The number of aryl methyl sites for hydroxylation is 2. The highest BCUT2D eigenvalue weighted by atomic mass is 32.2. The Morgan fingerprint density at radius 2 is 1.76 bits per heavy atom. The summed E-state index contributed by atoms with van der Waals surface area (Å²) in [5.74, 6) is 0. The molecule has 118 valence electrons. The zero-order chi connectivity index (χ0) is 15.8. The molecule has 0 bridgehead atoms. The third-order valence-corrected chi connectivity index (χ3v) is 7.01. The largest absolute Gasteiger partial charge is 0.392 e. The summed E-state index contributed by atoms with van der Waals surface area (Å²) in [5.41, 5.74) is 2.33. The van der Waals surface area contributed by atoms with Crippen LogP contribution in [0.5, 0.6) is 0 Å². The summed E-state index contributed by atoms with van der Waals surface area (Å²) in [5, 5.41) is 9.98. The minimum atomic E-state index is -3.50. The minimum absolute atomic E-state index is 0.142. The quantitative estimate of drug-likeness (QED) is 0.924. The standard InChI is InChI=1S/C15H23NO3S2/c1-10-5-11(2)15(6-14(10)9-17)21(18,19)16-7-12(3)20-13(4)8-16/h5-6,12-13,17H,7-9H2,1-4H3. The molecule has 4 nitrogen and oxygen atoms in total. The lowest BCUT2D eigenvalue weighted by Gasteiger charge is -2.34. The lowest BCUT2D eigenvalue weighted by atomic mass is 10.1. The molecular formula is C15H23NO3S2. The van der Waals surface area contributed by atoms with Gasteiger partial charge in [0.25, 0.3) is 0 Å². The first-order chi connectivity index (χ1) is 9.75. The molecule has 1 heterocycles. The lowest BCUT2D eigenvalue weighted by molar-refractivity contribution is 0.280. The van der Waals surface area contributed by atoms with Crippen LogP contribution in [0.3, 0.4) is 0 Å². The van der Waals surface area contributed by atoms with Crippen LogP contribution in [0, 0.1) is 13.8 Å². The number of hydrogen-bond acceptors (Lipinski definition) is 4. The normalized spacial score (nSPS) is 24.2. The molecule has 1 aromatic carbocycles. The highest BCUT2D eigenvalue weighted by molar-refractivity contribution is 8.00. The maximum atomic E-state index is 12.9. The van der Waals surface area contributed by atoms with Gasteiger partial charge in [-0.1, -0.05) is 19.9 Å². The van der Waals surface area contributed by atoms with Gasteiger partial charge < -0.3 is 5.11 Å². The Bertz CT molecular complexity index is 618. The van der Waals surface area contributed by atoms with Crippen LogP contribution in [0.4, 0.5) is 0 Å². The van der Waals surface area contributed by atoms with E-state index in [1.807, 2.05) is 31.7 Å². The van der Waals surface area contributed by atoms with Crippen molar-refractivity contribution in [1.82, 2.24) is 4.31 Å². The Kier molecular flexibility index (Phi) is 5.03. The Morgan fingerprint density at radius 1 is 1.19 bits per heavy atom. The van der Waals surface area contributed by atoms with Gasteiger partial charge in [0.1, 0.15) is 0 Å². The fourth-order valence-electron chi connectivity index (χ4n) is 2.79. The third-order valence-electron chi connectivity index (χ3n) is 3.81. The summed E-state index contributed by atoms with van der Waals surface area (Å²) < 4.78 is 27.4. The van der Waals surface area contributed by atoms with E-state index in [2.05, 4.69) is 13.8 Å². The molecule has 6 heteroatoms. The summed E-state index contributed by atoms with van der Waals surface area (Å²) in [7, 11) is -3.50. The molecule has 0 saturated carbocycles. The van der Waals surface area contributed by atoms with E-state index in [4.69, 9.17) is 0 Å². The molecular weight excluding hydrogens is 306 g/mol. The maximum Gasteiger partial charge on any atom is 0.243 e. The fourth-order valence-corrected chi connectivity index (χ4v) is 6.18. The van der Waals surface area contributed by atoms with Gasteiger partial charge >= 0.3 is 0 Å². The van der Waals surface area contributed by atoms with E-state index < -0.39 is 10.0 Å². The van der Waals surface area contributed by atoms with Gasteiger partial charge in [0, 0.05) is 23.6 Å². The topological polar surface area (TPSA) is 57.6 Å². The highest BCUT2D eigenvalue weighted by Gasteiger charge is 2.33. The molecule has 2 rings (SSSR count). The van der Waals surface area contributed by atoms with Gasteiger partial charge in [-0.15, -0.1) is 0 Å². The monoisotopic (exact) mass is 329 g/mol. The molecule has 1 saturated heterocycles. The van der Waals surface area contributed by atoms with E-state index >= 15 is 0 Å². The van der Waals surface area contributed by atoms with E-state index in [0.717, 1.165) is 11.1 Å². The van der Waals surface area contributed by atoms with Crippen LogP contribution in [0.1, 0.15) is 30.5 Å². The van der Waals surface area contributed by atoms with E-state index in [0.29, 0.717) is 34.0 Å². The average molecular weight is 329 g/mol. The van der Waals surface area contributed by atoms with Crippen LogP contribution in [-0.2, 0) is 16.6 Å². The van der Waals surface area contributed by atoms with E-state index in [1.54, 1.807) is 10.4 Å². The van der Waals surface area contributed by atoms with Crippen LogP contribution in [0.15, 0.2) is 17.0 Å². The van der Waals surface area contributed by atoms with E-state index in [9.17, 15) is 13.5 Å². The predicted octanol–water partition coefficient (Wildman–Crippen LogP) is 2.31. The minimum Gasteiger partial charge on any atom is -0.392 e. The molecule has 2 atom stereocenters. The van der Waals surface area contributed by atoms with Gasteiger partial charge in [-0.3, -0.25) is 0 Å². The van der Waals surface area contributed by atoms with Crippen molar-refractivity contribution in [3.05, 3.63) is 28.8 Å². The summed E-state index contributed by atoms with van der Waals surface area (Å²) in [6.45, 7) is 8.76. The molecule has 0 aliphatic carbocycles. The van der Waals surface area contributed by atoms with Crippen molar-refractivity contribution >= 4 is 21.8 Å². The van der Waals surface area contributed by atoms with E-state index in [-0.39, 0.29) is 6.61 Å². The molecule has 0 spiro atoms. The van der Waals surface area contributed by atoms with Gasteiger partial charge in [-0.25, -0.2) is 8.42 Å². The maximum absolute atomic E-state index is 12.9. The van der Waals surface area contributed by atoms with Gasteiger partial charge in [-0.2, -0.15) is 16.1 Å². The Labute approximate surface area is 131 Å². The molecule has 1 fully saturated rings. The first kappa shape index (κ1) is 16.8. The van der Waals surface area contributed by atoms with E-state index in [1.165, 1.54) is 0 Å². The number of benzene rings is 1. The fraction of sp³-hybridized carbons (Fsp3) is 0.600. The second kappa shape index (κ2) is 6.28. The molecule has 1 aliphatic rings. The van der Waals surface area contributed by atoms with Crippen molar-refractivity contribution in [3.8, 4) is 0 Å². The number of nitrogens with zero attached hydrogens (tertiary/aromatic N) is 1. The summed E-state index contributed by atoms with van der Waals surface area (Å²) in [6, 6.07) is 3.46.